The minimum atomic E-state index is -0.816. The Morgan fingerprint density at radius 1 is 1.23 bits per heavy atom. The van der Waals surface area contributed by atoms with Crippen molar-refractivity contribution in [1.82, 2.24) is 0 Å². The van der Waals surface area contributed by atoms with Gasteiger partial charge in [-0.2, -0.15) is 7.05 Å². The predicted octanol–water partition coefficient (Wildman–Crippen LogP) is 1.55. The molecule has 1 aromatic rings. The Labute approximate surface area is 76.8 Å². The lowest BCUT2D eigenvalue weighted by molar-refractivity contribution is -0.677. The molecule has 0 spiro atoms. The van der Waals surface area contributed by atoms with E-state index in [0.29, 0.717) is 0 Å². The molecule has 1 nitrogen and oxygen atoms in total. The Hall–Kier alpha value is -0.960. The molecule has 0 fully saturated rings. The lowest BCUT2D eigenvalue weighted by Crippen LogP contribution is -2.87. The summed E-state index contributed by atoms with van der Waals surface area (Å²) >= 11 is 0. The molecule has 0 radical (unpaired) electrons. The van der Waals surface area contributed by atoms with Crippen molar-refractivity contribution in [1.29, 1.82) is 0 Å². The molecule has 0 saturated heterocycles. The summed E-state index contributed by atoms with van der Waals surface area (Å²) in [6.45, 7) is 3.79. The van der Waals surface area contributed by atoms with E-state index in [9.17, 15) is 8.78 Å². The van der Waals surface area contributed by atoms with Crippen LogP contribution in [0.2, 0.25) is 0 Å². The zero-order valence-corrected chi connectivity index (χ0v) is 7.77. The van der Waals surface area contributed by atoms with Crippen molar-refractivity contribution in [2.75, 3.05) is 0 Å². The summed E-state index contributed by atoms with van der Waals surface area (Å²) in [4.78, 5) is 0. The molecule has 72 valence electrons. The molecular formula is C10H13F2N. The monoisotopic (exact) mass is 185 g/mol. The van der Waals surface area contributed by atoms with E-state index in [0.717, 1.165) is 11.6 Å². The molecule has 0 aliphatic carbocycles. The van der Waals surface area contributed by atoms with E-state index in [1.165, 1.54) is 6.07 Å². The van der Waals surface area contributed by atoms with Crippen molar-refractivity contribution in [3.8, 4) is 0 Å². The highest BCUT2D eigenvalue weighted by Crippen LogP contribution is 2.17. The molecule has 1 rings (SSSR count). The predicted molar refractivity (Wildman–Crippen MR) is 46.7 cm³/mol. The molecule has 0 unspecified atom stereocenters. The highest BCUT2D eigenvalue weighted by atomic mass is 19.2. The normalized spacial score (nSPS) is 11.8. The van der Waals surface area contributed by atoms with Gasteiger partial charge in [-0.05, 0) is 32.0 Å². The van der Waals surface area contributed by atoms with Gasteiger partial charge in [-0.25, -0.2) is 8.78 Å². The van der Waals surface area contributed by atoms with Gasteiger partial charge in [-0.1, -0.05) is 0 Å². The molecular weight excluding hydrogens is 172 g/mol. The minimum Gasteiger partial charge on any atom is -0.471 e. The van der Waals surface area contributed by atoms with Gasteiger partial charge in [-0.3, -0.25) is 0 Å². The van der Waals surface area contributed by atoms with Crippen molar-refractivity contribution >= 4 is 0 Å². The van der Waals surface area contributed by atoms with Crippen molar-refractivity contribution in [2.24, 2.45) is 0 Å². The van der Waals surface area contributed by atoms with Gasteiger partial charge in [0.25, 0.3) is 0 Å². The summed E-state index contributed by atoms with van der Waals surface area (Å²) in [6.07, 6.45) is 0. The molecule has 3 heteroatoms. The number of benzene rings is 1. The molecule has 0 amide bonds. The first kappa shape index (κ1) is 10.1. The van der Waals surface area contributed by atoms with Crippen molar-refractivity contribution in [2.45, 2.75) is 19.4 Å². The van der Waals surface area contributed by atoms with Crippen LogP contribution in [0.5, 0.6) is 0 Å². The van der Waals surface area contributed by atoms with Gasteiger partial charge in [0, 0.05) is 5.56 Å². The van der Waals surface area contributed by atoms with Gasteiger partial charge >= 0.3 is 0 Å². The largest absolute Gasteiger partial charge is 0.471 e. The fourth-order valence-electron chi connectivity index (χ4n) is 1.01. The molecule has 0 heterocycles. The molecule has 0 saturated carbocycles. The van der Waals surface area contributed by atoms with Crippen LogP contribution in [-0.2, 0) is 5.54 Å². The van der Waals surface area contributed by atoms with Gasteiger partial charge in [0.1, 0.15) is 0 Å². The highest BCUT2D eigenvalue weighted by Gasteiger charge is 2.20. The van der Waals surface area contributed by atoms with Crippen LogP contribution in [0.3, 0.4) is 0 Å². The van der Waals surface area contributed by atoms with Crippen LogP contribution >= 0.6 is 0 Å². The van der Waals surface area contributed by atoms with Crippen molar-refractivity contribution in [3.05, 3.63) is 42.4 Å². The summed E-state index contributed by atoms with van der Waals surface area (Å²) in [5.74, 6) is -1.63. The Balaban J connectivity index is 3.10. The number of rotatable bonds is 2. The van der Waals surface area contributed by atoms with E-state index < -0.39 is 11.6 Å². The molecule has 2 N–H and O–H groups in total. The highest BCUT2D eigenvalue weighted by molar-refractivity contribution is 5.22. The Bertz CT molecular complexity index is 308. The molecule has 0 atom stereocenters. The molecule has 1 aromatic carbocycles. The maximum atomic E-state index is 12.8. The van der Waals surface area contributed by atoms with Gasteiger partial charge < -0.3 is 5.32 Å². The summed E-state index contributed by atoms with van der Waals surface area (Å²) in [5, 5.41) is 1.71. The maximum Gasteiger partial charge on any atom is 0.159 e. The van der Waals surface area contributed by atoms with Gasteiger partial charge in [0.05, 0.1) is 5.54 Å². The summed E-state index contributed by atoms with van der Waals surface area (Å²) in [7, 11) is 3.64. The fourth-order valence-corrected chi connectivity index (χ4v) is 1.01. The Morgan fingerprint density at radius 3 is 2.31 bits per heavy atom. The van der Waals surface area contributed by atoms with Crippen molar-refractivity contribution in [3.63, 3.8) is 0 Å². The first-order valence-corrected chi connectivity index (χ1v) is 4.06. The molecule has 0 aromatic heterocycles. The molecule has 0 aliphatic rings. The SMILES string of the molecule is [CH2-][NH2+]C(C)(C)c1ccc(F)c(F)c1. The second kappa shape index (κ2) is 3.42. The van der Waals surface area contributed by atoms with E-state index in [-0.39, 0.29) is 5.54 Å². The van der Waals surface area contributed by atoms with E-state index >= 15 is 0 Å². The third-order valence-electron chi connectivity index (χ3n) is 2.17. The van der Waals surface area contributed by atoms with Crippen LogP contribution in [0.4, 0.5) is 8.78 Å². The number of hydrogen-bond donors (Lipinski definition) is 1. The Kier molecular flexibility index (Phi) is 2.66. The van der Waals surface area contributed by atoms with Gasteiger partial charge in [0.15, 0.2) is 11.6 Å². The number of halogens is 2. The van der Waals surface area contributed by atoms with Crippen LogP contribution in [0.1, 0.15) is 19.4 Å². The second-order valence-corrected chi connectivity index (χ2v) is 3.55. The number of quaternary nitrogens is 1. The molecule has 0 aliphatic heterocycles. The standard InChI is InChI=1S/C10H13F2N/c1-10(2,13-3)7-4-5-8(11)9(12)6-7/h4-6H,3,13H2,1-2H3. The average Bonchev–Trinajstić information content (AvgIpc) is 2.09. The minimum absolute atomic E-state index is 0.325. The topological polar surface area (TPSA) is 16.6 Å². The lowest BCUT2D eigenvalue weighted by atomic mass is 9.94. The first-order valence-electron chi connectivity index (χ1n) is 4.06. The van der Waals surface area contributed by atoms with E-state index in [1.807, 2.05) is 13.8 Å². The van der Waals surface area contributed by atoms with E-state index in [4.69, 9.17) is 0 Å². The molecule has 13 heavy (non-hydrogen) atoms. The smallest absolute Gasteiger partial charge is 0.159 e. The molecule has 0 bridgehead atoms. The quantitative estimate of drug-likeness (QED) is 0.673. The summed E-state index contributed by atoms with van der Waals surface area (Å²) in [6, 6.07) is 3.91. The average molecular weight is 185 g/mol. The summed E-state index contributed by atoms with van der Waals surface area (Å²) < 4.78 is 25.4. The van der Waals surface area contributed by atoms with Crippen LogP contribution < -0.4 is 5.32 Å². The van der Waals surface area contributed by atoms with E-state index in [2.05, 4.69) is 7.05 Å². The van der Waals surface area contributed by atoms with E-state index in [1.54, 1.807) is 11.4 Å². The lowest BCUT2D eigenvalue weighted by Gasteiger charge is -2.24. The first-order chi connectivity index (χ1) is 5.97. The van der Waals surface area contributed by atoms with Gasteiger partial charge in [-0.15, -0.1) is 0 Å². The maximum absolute atomic E-state index is 12.8. The van der Waals surface area contributed by atoms with Crippen LogP contribution in [0.15, 0.2) is 18.2 Å². The number of nitrogens with two attached hydrogens (primary N) is 1. The Morgan fingerprint density at radius 2 is 1.85 bits per heavy atom. The number of hydrogen-bond acceptors (Lipinski definition) is 0. The van der Waals surface area contributed by atoms with Crippen LogP contribution in [-0.4, -0.2) is 0 Å². The second-order valence-electron chi connectivity index (χ2n) is 3.55. The van der Waals surface area contributed by atoms with Gasteiger partial charge in [0.2, 0.25) is 0 Å². The van der Waals surface area contributed by atoms with Crippen LogP contribution in [0.25, 0.3) is 0 Å². The van der Waals surface area contributed by atoms with Crippen LogP contribution in [0, 0.1) is 18.7 Å². The van der Waals surface area contributed by atoms with Crippen molar-refractivity contribution < 1.29 is 14.1 Å². The zero-order valence-electron chi connectivity index (χ0n) is 7.77. The third kappa shape index (κ3) is 2.04. The zero-order chi connectivity index (χ0) is 10.1. The third-order valence-corrected chi connectivity index (χ3v) is 2.17. The fraction of sp³-hybridized carbons (Fsp3) is 0.300. The summed E-state index contributed by atoms with van der Waals surface area (Å²) in [5.41, 5.74) is 0.399.